The molecule has 11 aromatic rings. The van der Waals surface area contributed by atoms with Crippen molar-refractivity contribution in [1.82, 2.24) is 0 Å². The SMILES string of the molecule is CC1(C)c2ccccc2-c2cccc(-c3ccccc3-c3ccc(N(c4cccc(-c5cccc6c5ccc5ccccc56)c4)c4ccc5c(c4)C(C)(c4ccccc4)c4ccccc4-5)cc3)c21. The largest absolute Gasteiger partial charge is 0.310 e. The zero-order valence-electron chi connectivity index (χ0n) is 38.5. The molecule has 13 rings (SSSR count). The lowest BCUT2D eigenvalue weighted by Gasteiger charge is -2.31. The van der Waals surface area contributed by atoms with Crippen molar-refractivity contribution >= 4 is 38.6 Å². The predicted molar refractivity (Wildman–Crippen MR) is 287 cm³/mol. The highest BCUT2D eigenvalue weighted by Crippen LogP contribution is 2.55. The summed E-state index contributed by atoms with van der Waals surface area (Å²) < 4.78 is 0. The molecule has 0 aromatic heterocycles. The maximum absolute atomic E-state index is 2.46. The average Bonchev–Trinajstić information content (AvgIpc) is 3.80. The zero-order valence-corrected chi connectivity index (χ0v) is 38.5. The van der Waals surface area contributed by atoms with Crippen molar-refractivity contribution < 1.29 is 0 Å². The first kappa shape index (κ1) is 40.1. The second kappa shape index (κ2) is 15.4. The van der Waals surface area contributed by atoms with E-state index in [1.807, 2.05) is 0 Å². The van der Waals surface area contributed by atoms with E-state index in [2.05, 4.69) is 268 Å². The van der Waals surface area contributed by atoms with Crippen LogP contribution in [0.3, 0.4) is 0 Å². The van der Waals surface area contributed by atoms with Gasteiger partial charge in [0.1, 0.15) is 0 Å². The molecule has 2 aliphatic carbocycles. The highest BCUT2D eigenvalue weighted by atomic mass is 15.1. The highest BCUT2D eigenvalue weighted by Gasteiger charge is 2.41. The number of hydrogen-bond donors (Lipinski definition) is 0. The fourth-order valence-electron chi connectivity index (χ4n) is 12.1. The van der Waals surface area contributed by atoms with Gasteiger partial charge in [0.25, 0.3) is 0 Å². The van der Waals surface area contributed by atoms with Crippen LogP contribution in [0.4, 0.5) is 17.1 Å². The van der Waals surface area contributed by atoms with Crippen molar-refractivity contribution in [2.45, 2.75) is 31.6 Å². The summed E-state index contributed by atoms with van der Waals surface area (Å²) in [5, 5.41) is 5.05. The second-order valence-electron chi connectivity index (χ2n) is 19.3. The molecular weight excluding hydrogens is 819 g/mol. The summed E-state index contributed by atoms with van der Waals surface area (Å²) in [5.74, 6) is 0. The average molecular weight is 868 g/mol. The molecule has 0 aliphatic heterocycles. The number of benzene rings is 11. The Balaban J connectivity index is 0.969. The Labute approximate surface area is 399 Å². The Hall–Kier alpha value is -8.26. The first-order chi connectivity index (χ1) is 33.4. The Morgan fingerprint density at radius 1 is 0.294 bits per heavy atom. The van der Waals surface area contributed by atoms with Gasteiger partial charge >= 0.3 is 0 Å². The molecule has 0 amide bonds. The first-order valence-electron chi connectivity index (χ1n) is 23.9. The Morgan fingerprint density at radius 2 is 0.853 bits per heavy atom. The smallest absolute Gasteiger partial charge is 0.0467 e. The first-order valence-corrected chi connectivity index (χ1v) is 23.9. The molecule has 0 saturated carbocycles. The summed E-state index contributed by atoms with van der Waals surface area (Å²) in [6.45, 7) is 7.16. The van der Waals surface area contributed by atoms with E-state index in [4.69, 9.17) is 0 Å². The van der Waals surface area contributed by atoms with Crippen molar-refractivity contribution in [2.75, 3.05) is 4.90 Å². The minimum atomic E-state index is -0.330. The van der Waals surface area contributed by atoms with Crippen LogP contribution in [0.1, 0.15) is 48.6 Å². The molecule has 322 valence electrons. The number of rotatable bonds is 7. The predicted octanol–water partition coefficient (Wildman–Crippen LogP) is 18.1. The van der Waals surface area contributed by atoms with E-state index in [-0.39, 0.29) is 10.8 Å². The number of hydrogen-bond acceptors (Lipinski definition) is 1. The molecule has 0 heterocycles. The van der Waals surface area contributed by atoms with Crippen molar-refractivity contribution in [3.63, 3.8) is 0 Å². The number of fused-ring (bicyclic) bond motifs is 9. The van der Waals surface area contributed by atoms with Gasteiger partial charge < -0.3 is 4.90 Å². The van der Waals surface area contributed by atoms with Gasteiger partial charge in [0, 0.05) is 27.9 Å². The van der Waals surface area contributed by atoms with E-state index < -0.39 is 0 Å². The van der Waals surface area contributed by atoms with Gasteiger partial charge in [-0.1, -0.05) is 220 Å². The molecule has 0 bridgehead atoms. The van der Waals surface area contributed by atoms with E-state index in [0.29, 0.717) is 0 Å². The van der Waals surface area contributed by atoms with E-state index >= 15 is 0 Å². The van der Waals surface area contributed by atoms with Crippen LogP contribution in [-0.2, 0) is 10.8 Å². The quantitative estimate of drug-likeness (QED) is 0.144. The van der Waals surface area contributed by atoms with Crippen LogP contribution in [0.5, 0.6) is 0 Å². The fourth-order valence-corrected chi connectivity index (χ4v) is 12.1. The minimum Gasteiger partial charge on any atom is -0.310 e. The standard InChI is InChI=1S/C67H49N/c1-66(2)62-32-13-11-27-58(62)61-31-17-30-60(65(61)66)55-25-10-9-24-52(55)45-34-37-48(38-35-45)68(49-22-15-19-46(42-49)53-28-16-29-54-51-23-8-7-18-44(51)36-40-56(53)54)50-39-41-59-57-26-12-14-33-63(57)67(3,64(59)43-50)47-20-5-4-6-21-47/h4-43H,1-3H3. The van der Waals surface area contributed by atoms with Crippen LogP contribution in [0.25, 0.3) is 77.2 Å². The van der Waals surface area contributed by atoms with Crippen LogP contribution < -0.4 is 4.90 Å². The number of anilines is 3. The topological polar surface area (TPSA) is 3.24 Å². The van der Waals surface area contributed by atoms with Gasteiger partial charge in [-0.3, -0.25) is 0 Å². The molecule has 2 aliphatic rings. The number of nitrogens with zero attached hydrogens (tertiary/aromatic N) is 1. The second-order valence-corrected chi connectivity index (χ2v) is 19.3. The van der Waals surface area contributed by atoms with Crippen molar-refractivity contribution in [3.05, 3.63) is 270 Å². The Morgan fingerprint density at radius 3 is 1.66 bits per heavy atom. The van der Waals surface area contributed by atoms with Crippen LogP contribution >= 0.6 is 0 Å². The molecule has 0 saturated heterocycles. The van der Waals surface area contributed by atoms with E-state index in [9.17, 15) is 0 Å². The molecule has 68 heavy (non-hydrogen) atoms. The monoisotopic (exact) mass is 867 g/mol. The third kappa shape index (κ3) is 6.02. The molecule has 1 heteroatoms. The zero-order chi connectivity index (χ0) is 45.6. The van der Waals surface area contributed by atoms with Gasteiger partial charge in [0.05, 0.1) is 0 Å². The van der Waals surface area contributed by atoms with Crippen molar-refractivity contribution in [1.29, 1.82) is 0 Å². The summed E-state index contributed by atoms with van der Waals surface area (Å²) in [6.07, 6.45) is 0. The molecule has 0 N–H and O–H groups in total. The van der Waals surface area contributed by atoms with E-state index in [0.717, 1.165) is 17.1 Å². The fraction of sp³-hybridized carbons (Fsp3) is 0.0746. The normalized spacial score (nSPS) is 15.2. The summed E-state index contributed by atoms with van der Waals surface area (Å²) in [5.41, 5.74) is 22.2. The van der Waals surface area contributed by atoms with E-state index in [1.165, 1.54) is 105 Å². The van der Waals surface area contributed by atoms with Gasteiger partial charge in [-0.25, -0.2) is 0 Å². The molecular formula is C67H49N. The van der Waals surface area contributed by atoms with E-state index in [1.54, 1.807) is 0 Å². The highest BCUT2D eigenvalue weighted by molar-refractivity contribution is 6.12. The van der Waals surface area contributed by atoms with Gasteiger partial charge in [-0.05, 0) is 148 Å². The Kier molecular flexibility index (Phi) is 9.07. The molecule has 1 atom stereocenters. The maximum Gasteiger partial charge on any atom is 0.0467 e. The van der Waals surface area contributed by atoms with Crippen molar-refractivity contribution in [2.24, 2.45) is 0 Å². The van der Waals surface area contributed by atoms with Gasteiger partial charge in [0.15, 0.2) is 0 Å². The third-order valence-electron chi connectivity index (χ3n) is 15.3. The molecule has 0 radical (unpaired) electrons. The molecule has 1 unspecified atom stereocenters. The van der Waals surface area contributed by atoms with Crippen LogP contribution in [0, 0.1) is 0 Å². The van der Waals surface area contributed by atoms with Crippen LogP contribution in [0.2, 0.25) is 0 Å². The molecule has 11 aromatic carbocycles. The van der Waals surface area contributed by atoms with Crippen LogP contribution in [-0.4, -0.2) is 0 Å². The minimum absolute atomic E-state index is 0.123. The maximum atomic E-state index is 2.46. The Bertz CT molecular complexity index is 3780. The molecule has 0 fully saturated rings. The summed E-state index contributed by atoms with van der Waals surface area (Å²) in [6, 6.07) is 90.2. The lowest BCUT2D eigenvalue weighted by molar-refractivity contribution is 0.662. The third-order valence-corrected chi connectivity index (χ3v) is 15.3. The lowest BCUT2D eigenvalue weighted by Crippen LogP contribution is -2.22. The molecule has 0 spiro atoms. The van der Waals surface area contributed by atoms with Gasteiger partial charge in [-0.2, -0.15) is 0 Å². The van der Waals surface area contributed by atoms with Gasteiger partial charge in [0.2, 0.25) is 0 Å². The molecule has 1 nitrogen and oxygen atoms in total. The summed E-state index contributed by atoms with van der Waals surface area (Å²) >= 11 is 0. The van der Waals surface area contributed by atoms with Crippen molar-refractivity contribution in [3.8, 4) is 55.6 Å². The van der Waals surface area contributed by atoms with Gasteiger partial charge in [-0.15, -0.1) is 0 Å². The summed E-state index contributed by atoms with van der Waals surface area (Å²) in [7, 11) is 0. The lowest BCUT2D eigenvalue weighted by atomic mass is 9.74. The van der Waals surface area contributed by atoms with Crippen LogP contribution in [0.15, 0.2) is 243 Å². The summed E-state index contributed by atoms with van der Waals surface area (Å²) in [4.78, 5) is 2.46.